The standard InChI is InChI=1S/C11H11ClN2O2/c1-8-3-2-4-10(12)9(8)7-16-11-5-6-14(15)13-11/h2-6,15H,7H2,1H3. The van der Waals surface area contributed by atoms with Crippen LogP contribution in [0.2, 0.25) is 5.02 Å². The van der Waals surface area contributed by atoms with Gasteiger partial charge < -0.3 is 9.94 Å². The highest BCUT2D eigenvalue weighted by atomic mass is 35.5. The van der Waals surface area contributed by atoms with E-state index in [1.807, 2.05) is 25.1 Å². The summed E-state index contributed by atoms with van der Waals surface area (Å²) in [6.07, 6.45) is 1.40. The molecule has 1 aromatic heterocycles. The van der Waals surface area contributed by atoms with Crippen LogP contribution in [0.5, 0.6) is 5.88 Å². The number of rotatable bonds is 3. The van der Waals surface area contributed by atoms with E-state index in [2.05, 4.69) is 5.10 Å². The molecule has 0 radical (unpaired) electrons. The Morgan fingerprint density at radius 2 is 2.25 bits per heavy atom. The van der Waals surface area contributed by atoms with Crippen molar-refractivity contribution >= 4 is 11.6 Å². The first-order valence-corrected chi connectivity index (χ1v) is 5.16. The molecule has 0 fully saturated rings. The third kappa shape index (κ3) is 2.28. The zero-order valence-corrected chi connectivity index (χ0v) is 9.48. The van der Waals surface area contributed by atoms with Gasteiger partial charge in [0.15, 0.2) is 0 Å². The highest BCUT2D eigenvalue weighted by Crippen LogP contribution is 2.21. The Hall–Kier alpha value is -1.68. The van der Waals surface area contributed by atoms with Crippen molar-refractivity contribution in [3.8, 4) is 5.88 Å². The Bertz CT molecular complexity index is 476. The zero-order chi connectivity index (χ0) is 11.5. The van der Waals surface area contributed by atoms with Crippen LogP contribution in [-0.2, 0) is 6.61 Å². The number of benzene rings is 1. The molecule has 0 atom stereocenters. The average Bonchev–Trinajstić information content (AvgIpc) is 2.63. The molecule has 4 nitrogen and oxygen atoms in total. The fourth-order valence-corrected chi connectivity index (χ4v) is 1.65. The maximum atomic E-state index is 8.96. The lowest BCUT2D eigenvalue weighted by Crippen LogP contribution is -2.00. The quantitative estimate of drug-likeness (QED) is 0.837. The minimum Gasteiger partial charge on any atom is -0.472 e. The lowest BCUT2D eigenvalue weighted by Gasteiger charge is -2.08. The highest BCUT2D eigenvalue weighted by Gasteiger charge is 2.05. The molecule has 0 bridgehead atoms. The van der Waals surface area contributed by atoms with Gasteiger partial charge in [0, 0.05) is 16.7 Å². The number of aryl methyl sites for hydroxylation is 1. The maximum Gasteiger partial charge on any atom is 0.236 e. The van der Waals surface area contributed by atoms with Gasteiger partial charge in [-0.2, -0.15) is 0 Å². The van der Waals surface area contributed by atoms with Crippen molar-refractivity contribution in [1.82, 2.24) is 9.94 Å². The molecule has 0 unspecified atom stereocenters. The van der Waals surface area contributed by atoms with Crippen molar-refractivity contribution < 1.29 is 9.94 Å². The SMILES string of the molecule is Cc1cccc(Cl)c1COc1ccn(O)n1. The molecule has 0 aliphatic rings. The van der Waals surface area contributed by atoms with E-state index in [4.69, 9.17) is 21.5 Å². The maximum absolute atomic E-state index is 8.96. The average molecular weight is 239 g/mol. The van der Waals surface area contributed by atoms with Gasteiger partial charge in [-0.15, -0.1) is 4.85 Å². The molecule has 1 N–H and O–H groups in total. The van der Waals surface area contributed by atoms with Crippen molar-refractivity contribution in [1.29, 1.82) is 0 Å². The highest BCUT2D eigenvalue weighted by molar-refractivity contribution is 6.31. The van der Waals surface area contributed by atoms with E-state index < -0.39 is 0 Å². The Labute approximate surface area is 98.0 Å². The lowest BCUT2D eigenvalue weighted by atomic mass is 10.1. The van der Waals surface area contributed by atoms with Gasteiger partial charge in [-0.05, 0) is 18.6 Å². The van der Waals surface area contributed by atoms with Crippen LogP contribution in [0.1, 0.15) is 11.1 Å². The van der Waals surface area contributed by atoms with Gasteiger partial charge in [0.25, 0.3) is 0 Å². The predicted molar refractivity (Wildman–Crippen MR) is 59.9 cm³/mol. The monoisotopic (exact) mass is 238 g/mol. The van der Waals surface area contributed by atoms with Gasteiger partial charge in [-0.1, -0.05) is 28.8 Å². The summed E-state index contributed by atoms with van der Waals surface area (Å²) in [5.41, 5.74) is 1.99. The zero-order valence-electron chi connectivity index (χ0n) is 8.72. The number of hydrogen-bond donors (Lipinski definition) is 1. The molecule has 2 aromatic rings. The van der Waals surface area contributed by atoms with Crippen molar-refractivity contribution in [2.45, 2.75) is 13.5 Å². The summed E-state index contributed by atoms with van der Waals surface area (Å²) >= 11 is 6.05. The molecule has 5 heteroatoms. The molecule has 2 rings (SSSR count). The smallest absolute Gasteiger partial charge is 0.236 e. The van der Waals surface area contributed by atoms with E-state index in [1.165, 1.54) is 6.20 Å². The minimum atomic E-state index is 0.336. The minimum absolute atomic E-state index is 0.336. The number of aromatic nitrogens is 2. The summed E-state index contributed by atoms with van der Waals surface area (Å²) < 4.78 is 5.40. The van der Waals surface area contributed by atoms with Crippen molar-refractivity contribution in [3.05, 3.63) is 46.6 Å². The second kappa shape index (κ2) is 4.45. The Morgan fingerprint density at radius 1 is 1.44 bits per heavy atom. The number of halogens is 1. The first-order valence-electron chi connectivity index (χ1n) is 4.78. The molecule has 1 heterocycles. The molecule has 0 spiro atoms. The van der Waals surface area contributed by atoms with Crippen LogP contribution >= 0.6 is 11.6 Å². The fourth-order valence-electron chi connectivity index (χ4n) is 1.37. The molecule has 0 saturated heterocycles. The van der Waals surface area contributed by atoms with Crippen LogP contribution in [0.25, 0.3) is 0 Å². The first kappa shape index (κ1) is 10.8. The number of hydrogen-bond acceptors (Lipinski definition) is 3. The third-order valence-electron chi connectivity index (χ3n) is 2.27. The van der Waals surface area contributed by atoms with Crippen molar-refractivity contribution in [2.24, 2.45) is 0 Å². The molecular weight excluding hydrogens is 228 g/mol. The Kier molecular flexibility index (Phi) is 3.01. The summed E-state index contributed by atoms with van der Waals surface area (Å²) in [6, 6.07) is 7.25. The third-order valence-corrected chi connectivity index (χ3v) is 2.62. The fraction of sp³-hybridized carbons (Fsp3) is 0.182. The summed E-state index contributed by atoms with van der Waals surface area (Å²) in [5.74, 6) is 0.363. The largest absolute Gasteiger partial charge is 0.472 e. The van der Waals surface area contributed by atoms with Gasteiger partial charge in [0.1, 0.15) is 6.61 Å². The van der Waals surface area contributed by atoms with Gasteiger partial charge >= 0.3 is 0 Å². The predicted octanol–water partition coefficient (Wildman–Crippen LogP) is 2.66. The summed E-state index contributed by atoms with van der Waals surface area (Å²) in [7, 11) is 0. The molecule has 1 aromatic carbocycles. The molecule has 0 saturated carbocycles. The molecule has 0 aliphatic carbocycles. The van der Waals surface area contributed by atoms with Gasteiger partial charge in [0.05, 0.1) is 6.20 Å². The molecule has 84 valence electrons. The number of nitrogens with zero attached hydrogens (tertiary/aromatic N) is 2. The second-order valence-electron chi connectivity index (χ2n) is 3.40. The van der Waals surface area contributed by atoms with E-state index in [0.717, 1.165) is 11.1 Å². The van der Waals surface area contributed by atoms with E-state index in [1.54, 1.807) is 6.07 Å². The van der Waals surface area contributed by atoms with Crippen LogP contribution in [0.15, 0.2) is 30.5 Å². The lowest BCUT2D eigenvalue weighted by molar-refractivity contribution is 0.141. The molecule has 16 heavy (non-hydrogen) atoms. The van der Waals surface area contributed by atoms with Crippen LogP contribution in [0, 0.1) is 6.92 Å². The van der Waals surface area contributed by atoms with E-state index >= 15 is 0 Å². The van der Waals surface area contributed by atoms with Gasteiger partial charge in [-0.25, -0.2) is 0 Å². The normalized spacial score (nSPS) is 10.4. The summed E-state index contributed by atoms with van der Waals surface area (Å²) in [4.78, 5) is 0.703. The van der Waals surface area contributed by atoms with Crippen molar-refractivity contribution in [2.75, 3.05) is 0 Å². The van der Waals surface area contributed by atoms with Crippen LogP contribution < -0.4 is 4.74 Å². The van der Waals surface area contributed by atoms with Gasteiger partial charge in [-0.3, -0.25) is 0 Å². The van der Waals surface area contributed by atoms with Crippen LogP contribution in [0.4, 0.5) is 0 Å². The van der Waals surface area contributed by atoms with E-state index in [9.17, 15) is 0 Å². The van der Waals surface area contributed by atoms with Crippen molar-refractivity contribution in [3.63, 3.8) is 0 Å². The molecule has 0 aliphatic heterocycles. The summed E-state index contributed by atoms with van der Waals surface area (Å²) in [5, 5.41) is 13.3. The summed E-state index contributed by atoms with van der Waals surface area (Å²) in [6.45, 7) is 2.30. The van der Waals surface area contributed by atoms with Crippen LogP contribution in [-0.4, -0.2) is 15.2 Å². The van der Waals surface area contributed by atoms with Crippen LogP contribution in [0.3, 0.4) is 0 Å². The van der Waals surface area contributed by atoms with E-state index in [-0.39, 0.29) is 0 Å². The second-order valence-corrected chi connectivity index (χ2v) is 3.81. The Morgan fingerprint density at radius 3 is 2.88 bits per heavy atom. The Balaban J connectivity index is 2.10. The van der Waals surface area contributed by atoms with E-state index in [0.29, 0.717) is 22.4 Å². The first-order chi connectivity index (χ1) is 7.66. The topological polar surface area (TPSA) is 47.3 Å². The van der Waals surface area contributed by atoms with Gasteiger partial charge in [0.2, 0.25) is 5.88 Å². The molecular formula is C11H11ClN2O2. The number of ether oxygens (including phenoxy) is 1. The molecule has 0 amide bonds.